The van der Waals surface area contributed by atoms with Gasteiger partial charge in [-0.3, -0.25) is 15.2 Å². The number of aryl methyl sites for hydroxylation is 1. The Morgan fingerprint density at radius 1 is 1.24 bits per heavy atom. The summed E-state index contributed by atoms with van der Waals surface area (Å²) in [5.74, 6) is 0. The number of hydrogen-bond donors (Lipinski definition) is 2. The van der Waals surface area contributed by atoms with Crippen molar-refractivity contribution >= 4 is 28.6 Å². The van der Waals surface area contributed by atoms with Crippen LogP contribution in [0.15, 0.2) is 36.4 Å². The second-order valence-corrected chi connectivity index (χ2v) is 9.90. The Bertz CT molecular complexity index is 1440. The summed E-state index contributed by atoms with van der Waals surface area (Å²) in [6, 6.07) is 10.8. The number of nitriles is 1. The Labute approximate surface area is 220 Å². The fourth-order valence-electron chi connectivity index (χ4n) is 4.70. The standard InChI is InChI=1S/C25H22F2N6O4S/c1-13-7-16(9-17(29-13)22(26)27)21-20(15-4-2-3-14(8-15)10-28)30-23(38-21)31-24(34)32-11-18-19(12-32)37-6-5-33(18)25(35)36/h2-4,7-9,18-19,22H,5-6,11-12H2,1H3,(H,35,36)(H,30,31,34). The number of ether oxygens (including phenoxy) is 1. The number of carboxylic acid groups (broad SMARTS) is 1. The molecule has 2 unspecified atom stereocenters. The maximum Gasteiger partial charge on any atom is 0.407 e. The number of likely N-dealkylation sites (tertiary alicyclic amines) is 1. The molecule has 3 aromatic rings. The SMILES string of the molecule is Cc1cc(-c2sc(NC(=O)N3CC4OCCN(C(=O)O)C4C3)nc2-c2cccc(C#N)c2)cc(C(F)F)n1. The molecule has 2 atom stereocenters. The Morgan fingerprint density at radius 3 is 2.79 bits per heavy atom. The van der Waals surface area contributed by atoms with Gasteiger partial charge in [-0.25, -0.2) is 23.4 Å². The first kappa shape index (κ1) is 25.5. The number of carbonyl (C=O) groups is 2. The number of anilines is 1. The number of urea groups is 1. The first-order chi connectivity index (χ1) is 18.2. The van der Waals surface area contributed by atoms with Crippen LogP contribution in [0.4, 0.5) is 23.5 Å². The van der Waals surface area contributed by atoms with Crippen molar-refractivity contribution < 1.29 is 28.2 Å². The molecule has 0 spiro atoms. The number of carbonyl (C=O) groups excluding carboxylic acids is 1. The van der Waals surface area contributed by atoms with Gasteiger partial charge in [0.2, 0.25) is 0 Å². The number of fused-ring (bicyclic) bond motifs is 1. The molecule has 0 bridgehead atoms. The molecular weight excluding hydrogens is 518 g/mol. The van der Waals surface area contributed by atoms with Gasteiger partial charge < -0.3 is 14.7 Å². The Kier molecular flexibility index (Phi) is 6.92. The second-order valence-electron chi connectivity index (χ2n) is 8.90. The van der Waals surface area contributed by atoms with Gasteiger partial charge in [0.15, 0.2) is 5.13 Å². The number of amides is 3. The summed E-state index contributed by atoms with van der Waals surface area (Å²) in [5, 5.41) is 21.8. The van der Waals surface area contributed by atoms with E-state index in [0.717, 1.165) is 11.3 Å². The number of aromatic nitrogens is 2. The van der Waals surface area contributed by atoms with E-state index in [9.17, 15) is 28.7 Å². The first-order valence-electron chi connectivity index (χ1n) is 11.7. The van der Waals surface area contributed by atoms with Gasteiger partial charge in [0.25, 0.3) is 6.43 Å². The topological polar surface area (TPSA) is 132 Å². The number of morpholine rings is 1. The van der Waals surface area contributed by atoms with Crippen LogP contribution in [0.2, 0.25) is 0 Å². The molecule has 4 heterocycles. The van der Waals surface area contributed by atoms with Crippen LogP contribution < -0.4 is 5.32 Å². The van der Waals surface area contributed by atoms with E-state index in [1.54, 1.807) is 37.3 Å². The van der Waals surface area contributed by atoms with Crippen molar-refractivity contribution in [3.63, 3.8) is 0 Å². The van der Waals surface area contributed by atoms with Crippen LogP contribution in [0, 0.1) is 18.3 Å². The normalized spacial score (nSPS) is 18.8. The van der Waals surface area contributed by atoms with Gasteiger partial charge in [-0.2, -0.15) is 5.26 Å². The summed E-state index contributed by atoms with van der Waals surface area (Å²) >= 11 is 1.11. The molecule has 2 saturated heterocycles. The van der Waals surface area contributed by atoms with Gasteiger partial charge >= 0.3 is 12.1 Å². The van der Waals surface area contributed by atoms with Crippen LogP contribution in [0.1, 0.15) is 23.4 Å². The molecule has 2 aliphatic heterocycles. The van der Waals surface area contributed by atoms with E-state index in [4.69, 9.17) is 4.74 Å². The minimum Gasteiger partial charge on any atom is -0.465 e. The molecule has 2 N–H and O–H groups in total. The lowest BCUT2D eigenvalue weighted by atomic mass is 10.0. The molecule has 10 nitrogen and oxygen atoms in total. The van der Waals surface area contributed by atoms with E-state index < -0.39 is 30.7 Å². The number of pyridine rings is 1. The smallest absolute Gasteiger partial charge is 0.407 e. The van der Waals surface area contributed by atoms with Crippen LogP contribution in [0.25, 0.3) is 21.7 Å². The number of benzene rings is 1. The van der Waals surface area contributed by atoms with Crippen molar-refractivity contribution in [2.45, 2.75) is 25.5 Å². The van der Waals surface area contributed by atoms with Crippen LogP contribution in [-0.4, -0.2) is 75.4 Å². The third-order valence-corrected chi connectivity index (χ3v) is 7.42. The predicted octanol–water partition coefficient (Wildman–Crippen LogP) is 4.58. The molecule has 3 amide bonds. The molecule has 2 aliphatic rings. The van der Waals surface area contributed by atoms with E-state index in [2.05, 4.69) is 21.4 Å². The zero-order chi connectivity index (χ0) is 27.0. The van der Waals surface area contributed by atoms with E-state index >= 15 is 0 Å². The van der Waals surface area contributed by atoms with Crippen LogP contribution in [0.5, 0.6) is 0 Å². The average Bonchev–Trinajstić information content (AvgIpc) is 3.53. The third kappa shape index (κ3) is 5.00. The highest BCUT2D eigenvalue weighted by molar-refractivity contribution is 7.19. The quantitative estimate of drug-likeness (QED) is 0.495. The number of nitrogens with zero attached hydrogens (tertiary/aromatic N) is 5. The Morgan fingerprint density at radius 2 is 2.05 bits per heavy atom. The summed E-state index contributed by atoms with van der Waals surface area (Å²) in [4.78, 5) is 36.5. The zero-order valence-corrected chi connectivity index (χ0v) is 20.9. The van der Waals surface area contributed by atoms with Crippen molar-refractivity contribution in [2.75, 3.05) is 31.6 Å². The summed E-state index contributed by atoms with van der Waals surface area (Å²) in [5.41, 5.74) is 1.88. The molecular formula is C25H22F2N6O4S. The van der Waals surface area contributed by atoms with Crippen molar-refractivity contribution in [2.24, 2.45) is 0 Å². The predicted molar refractivity (Wildman–Crippen MR) is 134 cm³/mol. The van der Waals surface area contributed by atoms with E-state index in [0.29, 0.717) is 33.0 Å². The lowest BCUT2D eigenvalue weighted by Gasteiger charge is -2.34. The molecule has 0 saturated carbocycles. The molecule has 196 valence electrons. The Balaban J connectivity index is 1.47. The van der Waals surface area contributed by atoms with E-state index in [1.165, 1.54) is 15.9 Å². The largest absolute Gasteiger partial charge is 0.465 e. The fraction of sp³-hybridized carbons (Fsp3) is 0.320. The second kappa shape index (κ2) is 10.3. The summed E-state index contributed by atoms with van der Waals surface area (Å²) < 4.78 is 32.7. The van der Waals surface area contributed by atoms with Gasteiger partial charge in [-0.1, -0.05) is 23.5 Å². The van der Waals surface area contributed by atoms with E-state index in [-0.39, 0.29) is 37.1 Å². The minimum atomic E-state index is -2.77. The number of nitrogens with one attached hydrogen (secondary N) is 1. The minimum absolute atomic E-state index is 0.166. The van der Waals surface area contributed by atoms with Gasteiger partial charge in [0.1, 0.15) is 5.69 Å². The number of rotatable bonds is 4. The summed E-state index contributed by atoms with van der Waals surface area (Å²) in [6.07, 6.45) is -4.25. The first-order valence-corrected chi connectivity index (χ1v) is 12.5. The maximum absolute atomic E-state index is 13.5. The highest BCUT2D eigenvalue weighted by Crippen LogP contribution is 2.40. The van der Waals surface area contributed by atoms with Crippen molar-refractivity contribution in [3.8, 4) is 27.8 Å². The van der Waals surface area contributed by atoms with Gasteiger partial charge in [0.05, 0.1) is 47.5 Å². The number of halogens is 2. The summed E-state index contributed by atoms with van der Waals surface area (Å²) in [7, 11) is 0. The molecule has 2 fully saturated rings. The van der Waals surface area contributed by atoms with Gasteiger partial charge in [0, 0.05) is 24.3 Å². The number of thiazole rings is 1. The van der Waals surface area contributed by atoms with Crippen LogP contribution in [0.3, 0.4) is 0 Å². The van der Waals surface area contributed by atoms with Crippen molar-refractivity contribution in [3.05, 3.63) is 53.3 Å². The van der Waals surface area contributed by atoms with Crippen molar-refractivity contribution in [1.29, 1.82) is 5.26 Å². The maximum atomic E-state index is 13.5. The molecule has 1 aromatic carbocycles. The monoisotopic (exact) mass is 540 g/mol. The molecule has 0 aliphatic carbocycles. The lowest BCUT2D eigenvalue weighted by molar-refractivity contribution is -0.0381. The highest BCUT2D eigenvalue weighted by atomic mass is 32.1. The van der Waals surface area contributed by atoms with E-state index in [1.807, 2.05) is 0 Å². The van der Waals surface area contributed by atoms with Crippen molar-refractivity contribution in [1.82, 2.24) is 19.8 Å². The molecule has 0 radical (unpaired) electrons. The molecule has 38 heavy (non-hydrogen) atoms. The number of hydrogen-bond acceptors (Lipinski definition) is 7. The molecule has 5 rings (SSSR count). The Hall–Kier alpha value is -4.15. The number of alkyl halides is 2. The van der Waals surface area contributed by atoms with Crippen LogP contribution >= 0.6 is 11.3 Å². The fourth-order valence-corrected chi connectivity index (χ4v) is 5.66. The van der Waals surface area contributed by atoms with Gasteiger partial charge in [-0.15, -0.1) is 0 Å². The molecule has 2 aromatic heterocycles. The lowest BCUT2D eigenvalue weighted by Crippen LogP contribution is -2.52. The third-order valence-electron chi connectivity index (χ3n) is 6.40. The zero-order valence-electron chi connectivity index (χ0n) is 20.1. The summed E-state index contributed by atoms with van der Waals surface area (Å²) in [6.45, 7) is 2.50. The molecule has 13 heteroatoms. The highest BCUT2D eigenvalue weighted by Gasteiger charge is 2.44. The van der Waals surface area contributed by atoms with Gasteiger partial charge in [-0.05, 0) is 36.8 Å². The van der Waals surface area contributed by atoms with Crippen LogP contribution in [-0.2, 0) is 4.74 Å². The average molecular weight is 541 g/mol.